The number of benzene rings is 1. The summed E-state index contributed by atoms with van der Waals surface area (Å²) in [5.41, 5.74) is 1.15. The Balaban J connectivity index is 0.00000341. The number of piperazine rings is 1. The van der Waals surface area contributed by atoms with Gasteiger partial charge < -0.3 is 20.0 Å². The van der Waals surface area contributed by atoms with Gasteiger partial charge in [-0.1, -0.05) is 29.8 Å². The molecule has 2 aromatic rings. The Hall–Kier alpha value is -2.07. The fourth-order valence-electron chi connectivity index (χ4n) is 3.49. The maximum Gasteiger partial charge on any atom is 0.224 e. The number of pyridine rings is 1. The predicted molar refractivity (Wildman–Crippen MR) is 137 cm³/mol. The predicted octanol–water partition coefficient (Wildman–Crippen LogP) is 3.10. The summed E-state index contributed by atoms with van der Waals surface area (Å²) in [5.74, 6) is 1.90. The van der Waals surface area contributed by atoms with Crippen molar-refractivity contribution in [3.05, 3.63) is 59.2 Å². The van der Waals surface area contributed by atoms with Gasteiger partial charge in [-0.3, -0.25) is 9.79 Å². The van der Waals surface area contributed by atoms with Crippen LogP contribution < -0.4 is 10.2 Å². The van der Waals surface area contributed by atoms with Crippen molar-refractivity contribution in [2.75, 3.05) is 51.7 Å². The van der Waals surface area contributed by atoms with E-state index in [-0.39, 0.29) is 29.9 Å². The second kappa shape index (κ2) is 12.7. The first-order valence-corrected chi connectivity index (χ1v) is 10.5. The number of halogens is 2. The third-order valence-corrected chi connectivity index (χ3v) is 5.39. The lowest BCUT2D eigenvalue weighted by molar-refractivity contribution is -0.131. The molecule has 1 amide bonds. The maximum absolute atomic E-state index is 12.6. The molecule has 1 aliphatic rings. The summed E-state index contributed by atoms with van der Waals surface area (Å²) in [6.45, 7) is 4.32. The molecule has 1 aliphatic heterocycles. The molecule has 1 aromatic carbocycles. The molecule has 31 heavy (non-hydrogen) atoms. The zero-order chi connectivity index (χ0) is 21.3. The number of aliphatic imine (C=N–C) groups is 1. The minimum Gasteiger partial charge on any atom is -0.356 e. The highest BCUT2D eigenvalue weighted by atomic mass is 127. The lowest BCUT2D eigenvalue weighted by Gasteiger charge is -2.35. The lowest BCUT2D eigenvalue weighted by atomic mass is 10.2. The van der Waals surface area contributed by atoms with Gasteiger partial charge in [0.1, 0.15) is 5.82 Å². The molecule has 9 heteroatoms. The van der Waals surface area contributed by atoms with Gasteiger partial charge in [-0.05, 0) is 29.8 Å². The Bertz CT molecular complexity index is 841. The highest BCUT2D eigenvalue weighted by Gasteiger charge is 2.21. The zero-order valence-corrected chi connectivity index (χ0v) is 21.1. The number of carbonyl (C=O) groups excluding carboxylic acids is 1. The molecular weight excluding hydrogens is 527 g/mol. The highest BCUT2D eigenvalue weighted by Crippen LogP contribution is 2.13. The highest BCUT2D eigenvalue weighted by molar-refractivity contribution is 14.0. The van der Waals surface area contributed by atoms with Crippen molar-refractivity contribution >= 4 is 53.3 Å². The van der Waals surface area contributed by atoms with Crippen molar-refractivity contribution in [2.45, 2.75) is 13.0 Å². The van der Waals surface area contributed by atoms with Crippen molar-refractivity contribution in [2.24, 2.45) is 4.99 Å². The summed E-state index contributed by atoms with van der Waals surface area (Å²) in [4.78, 5) is 27.5. The smallest absolute Gasteiger partial charge is 0.224 e. The van der Waals surface area contributed by atoms with Crippen molar-refractivity contribution in [3.8, 4) is 0 Å². The average Bonchev–Trinajstić information content (AvgIpc) is 2.78. The van der Waals surface area contributed by atoms with Crippen LogP contribution >= 0.6 is 35.6 Å². The Labute approximate surface area is 206 Å². The first kappa shape index (κ1) is 25.2. The second-order valence-corrected chi connectivity index (χ2v) is 7.70. The van der Waals surface area contributed by atoms with Crippen LogP contribution in [0.4, 0.5) is 5.82 Å². The molecule has 0 spiro atoms. The van der Waals surface area contributed by atoms with E-state index in [1.165, 1.54) is 0 Å². The Morgan fingerprint density at radius 3 is 2.48 bits per heavy atom. The van der Waals surface area contributed by atoms with Crippen LogP contribution in [0.5, 0.6) is 0 Å². The van der Waals surface area contributed by atoms with Crippen LogP contribution in [0.15, 0.2) is 53.7 Å². The van der Waals surface area contributed by atoms with E-state index in [0.717, 1.165) is 48.5 Å². The molecule has 1 aromatic heterocycles. The van der Waals surface area contributed by atoms with E-state index < -0.39 is 0 Å². The van der Waals surface area contributed by atoms with Gasteiger partial charge in [-0.15, -0.1) is 24.0 Å². The topological polar surface area (TPSA) is 64.1 Å². The molecule has 0 bridgehead atoms. The van der Waals surface area contributed by atoms with Crippen LogP contribution in [-0.2, 0) is 11.3 Å². The summed E-state index contributed by atoms with van der Waals surface area (Å²) in [7, 11) is 3.72. The molecule has 1 N–H and O–H groups in total. The Morgan fingerprint density at radius 2 is 1.87 bits per heavy atom. The fourth-order valence-corrected chi connectivity index (χ4v) is 3.61. The van der Waals surface area contributed by atoms with Gasteiger partial charge in [0.15, 0.2) is 5.96 Å². The first-order valence-electron chi connectivity index (χ1n) is 10.2. The van der Waals surface area contributed by atoms with Gasteiger partial charge in [0.25, 0.3) is 0 Å². The maximum atomic E-state index is 12.6. The van der Waals surface area contributed by atoms with Gasteiger partial charge in [0.2, 0.25) is 5.91 Å². The van der Waals surface area contributed by atoms with Gasteiger partial charge in [0.05, 0.1) is 0 Å². The van der Waals surface area contributed by atoms with Crippen molar-refractivity contribution < 1.29 is 4.79 Å². The van der Waals surface area contributed by atoms with Crippen molar-refractivity contribution in [1.29, 1.82) is 0 Å². The molecule has 0 atom stereocenters. The molecule has 7 nitrogen and oxygen atoms in total. The van der Waals surface area contributed by atoms with E-state index in [1.807, 2.05) is 59.3 Å². The summed E-state index contributed by atoms with van der Waals surface area (Å²) in [6, 6.07) is 13.7. The number of hydrogen-bond donors (Lipinski definition) is 1. The van der Waals surface area contributed by atoms with E-state index in [9.17, 15) is 4.79 Å². The minimum absolute atomic E-state index is 0. The van der Waals surface area contributed by atoms with Gasteiger partial charge in [-0.2, -0.15) is 0 Å². The fraction of sp³-hybridized carbons (Fsp3) is 0.409. The number of nitrogens with one attached hydrogen (secondary N) is 1. The Morgan fingerprint density at radius 1 is 1.16 bits per heavy atom. The summed E-state index contributed by atoms with van der Waals surface area (Å²) < 4.78 is 0. The SMILES string of the molecule is CN=C(NCCC(=O)N1CCN(c2ccccn2)CC1)N(C)Cc1ccc(Cl)cc1.I. The molecule has 2 heterocycles. The first-order chi connectivity index (χ1) is 14.6. The number of carbonyl (C=O) groups is 1. The molecule has 0 radical (unpaired) electrons. The monoisotopic (exact) mass is 556 g/mol. The van der Waals surface area contributed by atoms with Crippen LogP contribution in [0.3, 0.4) is 0 Å². The van der Waals surface area contributed by atoms with Crippen LogP contribution in [0.25, 0.3) is 0 Å². The minimum atomic E-state index is 0. The van der Waals surface area contributed by atoms with E-state index in [0.29, 0.717) is 19.5 Å². The number of anilines is 1. The van der Waals surface area contributed by atoms with E-state index in [2.05, 4.69) is 20.2 Å². The molecule has 168 valence electrons. The van der Waals surface area contributed by atoms with Crippen LogP contribution in [-0.4, -0.2) is 73.5 Å². The summed E-state index contributed by atoms with van der Waals surface area (Å²) >= 11 is 5.95. The van der Waals surface area contributed by atoms with Crippen molar-refractivity contribution in [3.63, 3.8) is 0 Å². The number of amides is 1. The molecule has 0 aliphatic carbocycles. The quantitative estimate of drug-likeness (QED) is 0.337. The third kappa shape index (κ3) is 7.53. The standard InChI is InChI=1S/C22H29ClN6O.HI/c1-24-22(27(2)17-18-6-8-19(23)9-7-18)26-12-10-21(30)29-15-13-28(14-16-29)20-5-3-4-11-25-20;/h3-9,11H,10,12-17H2,1-2H3,(H,24,26);1H. The Kier molecular flexibility index (Phi) is 10.3. The van der Waals surface area contributed by atoms with Gasteiger partial charge >= 0.3 is 0 Å². The van der Waals surface area contributed by atoms with Crippen LogP contribution in [0, 0.1) is 0 Å². The number of hydrogen-bond acceptors (Lipinski definition) is 4. The molecule has 1 saturated heterocycles. The normalized spacial score (nSPS) is 14.1. The van der Waals surface area contributed by atoms with E-state index in [4.69, 9.17) is 11.6 Å². The molecule has 0 saturated carbocycles. The van der Waals surface area contributed by atoms with Crippen molar-refractivity contribution in [1.82, 2.24) is 20.1 Å². The van der Waals surface area contributed by atoms with Crippen LogP contribution in [0.1, 0.15) is 12.0 Å². The lowest BCUT2D eigenvalue weighted by Crippen LogP contribution is -2.49. The number of guanidine groups is 1. The zero-order valence-electron chi connectivity index (χ0n) is 18.0. The summed E-state index contributed by atoms with van der Waals surface area (Å²) in [6.07, 6.45) is 2.24. The van der Waals surface area contributed by atoms with E-state index >= 15 is 0 Å². The average molecular weight is 557 g/mol. The number of rotatable bonds is 6. The number of nitrogens with zero attached hydrogens (tertiary/aromatic N) is 5. The van der Waals surface area contributed by atoms with E-state index in [1.54, 1.807) is 13.2 Å². The molecule has 0 unspecified atom stereocenters. The van der Waals surface area contributed by atoms with Crippen LogP contribution in [0.2, 0.25) is 5.02 Å². The molecule has 3 rings (SSSR count). The third-order valence-electron chi connectivity index (χ3n) is 5.13. The molecular formula is C22H30ClIN6O. The second-order valence-electron chi connectivity index (χ2n) is 7.26. The summed E-state index contributed by atoms with van der Waals surface area (Å²) in [5, 5.41) is 4.01. The van der Waals surface area contributed by atoms with Gasteiger partial charge in [0, 0.05) is 71.0 Å². The number of aromatic nitrogens is 1. The largest absolute Gasteiger partial charge is 0.356 e. The van der Waals surface area contributed by atoms with Gasteiger partial charge in [-0.25, -0.2) is 4.98 Å². The molecule has 1 fully saturated rings.